The highest BCUT2D eigenvalue weighted by Gasteiger charge is 2.25. The van der Waals surface area contributed by atoms with E-state index >= 15 is 0 Å². The molecule has 2 aromatic heterocycles. The Hall–Kier alpha value is -3.43. The van der Waals surface area contributed by atoms with Crippen molar-refractivity contribution in [1.82, 2.24) is 19.6 Å². The number of aryl methyl sites for hydroxylation is 1. The van der Waals surface area contributed by atoms with Gasteiger partial charge in [-0.3, -0.25) is 14.3 Å². The normalized spacial score (nSPS) is 15.5. The molecular formula is C26H33N5O4. The number of rotatable bonds is 5. The fraction of sp³-hybridized carbons (Fsp3) is 0.423. The predicted octanol–water partition coefficient (Wildman–Crippen LogP) is 2.79. The Morgan fingerprint density at radius 1 is 1.09 bits per heavy atom. The summed E-state index contributed by atoms with van der Waals surface area (Å²) in [4.78, 5) is 32.2. The lowest BCUT2D eigenvalue weighted by atomic mass is 10.1. The van der Waals surface area contributed by atoms with Gasteiger partial charge >= 0.3 is 0 Å². The van der Waals surface area contributed by atoms with Crippen molar-refractivity contribution in [3.8, 4) is 0 Å². The Morgan fingerprint density at radius 3 is 2.69 bits per heavy atom. The molecule has 2 amide bonds. The van der Waals surface area contributed by atoms with E-state index in [-0.39, 0.29) is 18.4 Å². The zero-order valence-corrected chi connectivity index (χ0v) is 20.6. The maximum Gasteiger partial charge on any atom is 0.289 e. The molecule has 0 fully saturated rings. The van der Waals surface area contributed by atoms with Gasteiger partial charge in [0.15, 0.2) is 5.76 Å². The zero-order chi connectivity index (χ0) is 24.8. The maximum absolute atomic E-state index is 13.5. The Bertz CT molecular complexity index is 1150. The lowest BCUT2D eigenvalue weighted by Gasteiger charge is -2.27. The van der Waals surface area contributed by atoms with Crippen molar-refractivity contribution in [1.29, 1.82) is 0 Å². The van der Waals surface area contributed by atoms with Crippen LogP contribution in [0.1, 0.15) is 33.9 Å². The first-order valence-electron chi connectivity index (χ1n) is 11.9. The van der Waals surface area contributed by atoms with Gasteiger partial charge in [-0.25, -0.2) is 0 Å². The number of nitrogens with zero attached hydrogens (tertiary/aromatic N) is 5. The summed E-state index contributed by atoms with van der Waals surface area (Å²) in [7, 11) is 3.56. The molecule has 0 spiro atoms. The van der Waals surface area contributed by atoms with Gasteiger partial charge in [0, 0.05) is 45.2 Å². The molecule has 0 N–H and O–H groups in total. The molecule has 0 bridgehead atoms. The fourth-order valence-electron chi connectivity index (χ4n) is 4.30. The second-order valence-electron chi connectivity index (χ2n) is 8.97. The number of amides is 2. The number of furan rings is 1. The highest BCUT2D eigenvalue weighted by molar-refractivity contribution is 5.95. The van der Waals surface area contributed by atoms with Gasteiger partial charge in [-0.05, 0) is 56.3 Å². The number of aromatic nitrogens is 2. The van der Waals surface area contributed by atoms with E-state index in [1.165, 1.54) is 7.11 Å². The highest BCUT2D eigenvalue weighted by atomic mass is 16.5. The van der Waals surface area contributed by atoms with Crippen LogP contribution in [-0.2, 0) is 22.6 Å². The standard InChI is InChI=1S/C26H33N5O4/c1-20-15-27-30(16-20)18-22-9-10-24(35-22)26(33)29-14-13-28(2)11-6-12-31(25(32)19-34-3)23-8-5-4-7-21(23)17-29/h4-5,7-10,15-16H,6,11-14,17-19H2,1-3H3. The minimum Gasteiger partial charge on any atom is -0.454 e. The van der Waals surface area contributed by atoms with Gasteiger partial charge in [0.25, 0.3) is 11.8 Å². The van der Waals surface area contributed by atoms with Crippen LogP contribution in [0.3, 0.4) is 0 Å². The summed E-state index contributed by atoms with van der Waals surface area (Å²) in [6.07, 6.45) is 4.54. The first-order valence-corrected chi connectivity index (χ1v) is 11.9. The van der Waals surface area contributed by atoms with Gasteiger partial charge in [-0.1, -0.05) is 18.2 Å². The number of methoxy groups -OCH3 is 1. The Kier molecular flexibility index (Phi) is 7.99. The van der Waals surface area contributed by atoms with Crippen LogP contribution in [0.4, 0.5) is 5.69 Å². The average Bonchev–Trinajstić information content (AvgIpc) is 3.47. The van der Waals surface area contributed by atoms with Gasteiger partial charge in [0.05, 0.1) is 12.7 Å². The molecule has 4 rings (SSSR count). The van der Waals surface area contributed by atoms with E-state index in [2.05, 4.69) is 10.00 Å². The molecule has 0 atom stereocenters. The molecule has 186 valence electrons. The number of carbonyl (C=O) groups excluding carboxylic acids is 2. The molecule has 0 aliphatic carbocycles. The van der Waals surface area contributed by atoms with Crippen LogP contribution in [0.25, 0.3) is 0 Å². The van der Waals surface area contributed by atoms with Gasteiger partial charge in [-0.15, -0.1) is 0 Å². The largest absolute Gasteiger partial charge is 0.454 e. The van der Waals surface area contributed by atoms with Crippen LogP contribution in [0.15, 0.2) is 53.2 Å². The molecule has 0 radical (unpaired) electrons. The summed E-state index contributed by atoms with van der Waals surface area (Å²) in [6.45, 7) is 5.49. The third-order valence-corrected chi connectivity index (χ3v) is 6.13. The van der Waals surface area contributed by atoms with Crippen molar-refractivity contribution in [3.05, 3.63) is 71.4 Å². The molecule has 3 aromatic rings. The van der Waals surface area contributed by atoms with Crippen LogP contribution in [-0.4, -0.2) is 78.3 Å². The first kappa shape index (κ1) is 24.7. The van der Waals surface area contributed by atoms with Crippen molar-refractivity contribution in [3.63, 3.8) is 0 Å². The molecule has 9 heteroatoms. The third-order valence-electron chi connectivity index (χ3n) is 6.13. The van der Waals surface area contributed by atoms with Gasteiger partial charge in [-0.2, -0.15) is 5.10 Å². The molecular weight excluding hydrogens is 446 g/mol. The number of hydrogen-bond acceptors (Lipinski definition) is 6. The SMILES string of the molecule is COCC(=O)N1CCCN(C)CCN(C(=O)c2ccc(Cn3cc(C)cn3)o2)Cc2ccccc21. The number of carbonyl (C=O) groups is 2. The van der Waals surface area contributed by atoms with Gasteiger partial charge < -0.3 is 23.9 Å². The molecule has 35 heavy (non-hydrogen) atoms. The number of likely N-dealkylation sites (N-methyl/N-ethyl adjacent to an activating group) is 1. The van der Waals surface area contributed by atoms with E-state index in [1.807, 2.05) is 50.5 Å². The summed E-state index contributed by atoms with van der Waals surface area (Å²) in [5.74, 6) is 0.698. The number of benzene rings is 1. The highest BCUT2D eigenvalue weighted by Crippen LogP contribution is 2.25. The molecule has 1 aliphatic heterocycles. The molecule has 0 unspecified atom stereocenters. The van der Waals surface area contributed by atoms with Crippen molar-refractivity contribution >= 4 is 17.5 Å². The number of hydrogen-bond donors (Lipinski definition) is 0. The summed E-state index contributed by atoms with van der Waals surface area (Å²) >= 11 is 0. The minimum atomic E-state index is -0.176. The van der Waals surface area contributed by atoms with E-state index in [0.717, 1.165) is 36.3 Å². The van der Waals surface area contributed by atoms with E-state index in [9.17, 15) is 9.59 Å². The second kappa shape index (κ2) is 11.3. The molecule has 1 aliphatic rings. The second-order valence-corrected chi connectivity index (χ2v) is 8.97. The third kappa shape index (κ3) is 6.17. The monoisotopic (exact) mass is 479 g/mol. The van der Waals surface area contributed by atoms with Crippen LogP contribution in [0.2, 0.25) is 0 Å². The van der Waals surface area contributed by atoms with Crippen molar-refractivity contribution in [2.24, 2.45) is 0 Å². The summed E-state index contributed by atoms with van der Waals surface area (Å²) in [5.41, 5.74) is 2.79. The lowest BCUT2D eigenvalue weighted by molar-refractivity contribution is -0.122. The van der Waals surface area contributed by atoms with Crippen LogP contribution in [0.5, 0.6) is 0 Å². The van der Waals surface area contributed by atoms with Crippen LogP contribution in [0, 0.1) is 6.92 Å². The number of ether oxygens (including phenoxy) is 1. The summed E-state index contributed by atoms with van der Waals surface area (Å²) in [6, 6.07) is 11.3. The average molecular weight is 480 g/mol. The molecule has 0 saturated heterocycles. The predicted molar refractivity (Wildman–Crippen MR) is 132 cm³/mol. The molecule has 9 nitrogen and oxygen atoms in total. The molecule has 3 heterocycles. The van der Waals surface area contributed by atoms with E-state index < -0.39 is 0 Å². The number of anilines is 1. The van der Waals surface area contributed by atoms with E-state index in [1.54, 1.807) is 26.7 Å². The Morgan fingerprint density at radius 2 is 1.91 bits per heavy atom. The van der Waals surface area contributed by atoms with Gasteiger partial charge in [0.1, 0.15) is 12.4 Å². The van der Waals surface area contributed by atoms with Crippen molar-refractivity contribution in [2.75, 3.05) is 51.8 Å². The molecule has 1 aromatic carbocycles. The van der Waals surface area contributed by atoms with Crippen molar-refractivity contribution in [2.45, 2.75) is 26.4 Å². The zero-order valence-electron chi connectivity index (χ0n) is 20.6. The summed E-state index contributed by atoms with van der Waals surface area (Å²) < 4.78 is 12.8. The summed E-state index contributed by atoms with van der Waals surface area (Å²) in [5, 5.41) is 4.29. The first-order chi connectivity index (χ1) is 16.9. The number of para-hydroxylation sites is 1. The fourth-order valence-corrected chi connectivity index (χ4v) is 4.30. The smallest absolute Gasteiger partial charge is 0.289 e. The van der Waals surface area contributed by atoms with Crippen LogP contribution < -0.4 is 4.90 Å². The lowest BCUT2D eigenvalue weighted by Crippen LogP contribution is -2.37. The Labute approximate surface area is 205 Å². The van der Waals surface area contributed by atoms with Crippen LogP contribution >= 0.6 is 0 Å². The van der Waals surface area contributed by atoms with E-state index in [4.69, 9.17) is 9.15 Å². The minimum absolute atomic E-state index is 0.0117. The number of fused-ring (bicyclic) bond motifs is 1. The quantitative estimate of drug-likeness (QED) is 0.560. The van der Waals surface area contributed by atoms with Gasteiger partial charge in [0.2, 0.25) is 0 Å². The van der Waals surface area contributed by atoms with E-state index in [0.29, 0.717) is 37.7 Å². The Balaban J connectivity index is 1.59. The molecule has 0 saturated carbocycles. The van der Waals surface area contributed by atoms with Crippen molar-refractivity contribution < 1.29 is 18.7 Å². The maximum atomic E-state index is 13.5. The topological polar surface area (TPSA) is 84.0 Å².